The molecule has 23 heavy (non-hydrogen) atoms. The molecule has 3 heterocycles. The fourth-order valence-electron chi connectivity index (χ4n) is 3.41. The minimum atomic E-state index is -0.0510. The van der Waals surface area contributed by atoms with Crippen LogP contribution in [0.1, 0.15) is 50.9 Å². The van der Waals surface area contributed by atoms with E-state index in [-0.39, 0.29) is 5.91 Å². The van der Waals surface area contributed by atoms with E-state index in [1.165, 1.54) is 41.9 Å². The van der Waals surface area contributed by atoms with Crippen LogP contribution < -0.4 is 5.32 Å². The summed E-state index contributed by atoms with van der Waals surface area (Å²) < 4.78 is 0. The van der Waals surface area contributed by atoms with Crippen LogP contribution in [0.3, 0.4) is 0 Å². The molecule has 2 aromatic rings. The van der Waals surface area contributed by atoms with Crippen LogP contribution in [-0.4, -0.2) is 39.1 Å². The Morgan fingerprint density at radius 2 is 2.17 bits per heavy atom. The second-order valence-electron chi connectivity index (χ2n) is 6.27. The molecule has 0 radical (unpaired) electrons. The van der Waals surface area contributed by atoms with Crippen molar-refractivity contribution in [1.82, 2.24) is 25.4 Å². The van der Waals surface area contributed by atoms with Gasteiger partial charge in [0.25, 0.3) is 5.91 Å². The molecule has 0 atom stereocenters. The smallest absolute Gasteiger partial charge is 0.263 e. The first-order valence-electron chi connectivity index (χ1n) is 8.30. The van der Waals surface area contributed by atoms with Gasteiger partial charge in [-0.3, -0.25) is 14.8 Å². The van der Waals surface area contributed by atoms with Crippen molar-refractivity contribution >= 4 is 17.2 Å². The molecule has 1 aliphatic heterocycles. The van der Waals surface area contributed by atoms with Gasteiger partial charge in [-0.2, -0.15) is 5.10 Å². The molecule has 2 aliphatic rings. The molecule has 0 bridgehead atoms. The van der Waals surface area contributed by atoms with Crippen LogP contribution in [0.15, 0.2) is 6.20 Å². The zero-order valence-corrected chi connectivity index (χ0v) is 13.9. The van der Waals surface area contributed by atoms with Crippen LogP contribution in [0.2, 0.25) is 0 Å². The fraction of sp³-hybridized carbons (Fsp3) is 0.562. The number of fused-ring (bicyclic) bond motifs is 1. The highest BCUT2D eigenvalue weighted by atomic mass is 32.1. The molecule has 1 fully saturated rings. The van der Waals surface area contributed by atoms with E-state index in [0.717, 1.165) is 43.2 Å². The Bertz CT molecular complexity index is 701. The Kier molecular flexibility index (Phi) is 4.13. The van der Waals surface area contributed by atoms with E-state index < -0.39 is 0 Å². The normalized spacial score (nSPS) is 17.6. The molecule has 2 N–H and O–H groups in total. The maximum atomic E-state index is 12.3. The lowest BCUT2D eigenvalue weighted by Crippen LogP contribution is -2.22. The Morgan fingerprint density at radius 1 is 1.30 bits per heavy atom. The first-order chi connectivity index (χ1) is 11.3. The predicted octanol–water partition coefficient (Wildman–Crippen LogP) is 1.88. The molecular weight excluding hydrogens is 310 g/mol. The molecule has 0 saturated carbocycles. The molecule has 0 unspecified atom stereocenters. The monoisotopic (exact) mass is 331 g/mol. The fourth-order valence-corrected chi connectivity index (χ4v) is 4.28. The molecule has 1 aliphatic carbocycles. The highest BCUT2D eigenvalue weighted by Gasteiger charge is 2.20. The standard InChI is InChI=1S/C16H21N5OS/c22-16(18-8-13-11-4-3-5-12(11)19-20-13)14-9-17-15(23-14)10-21-6-1-2-7-21/h9H,1-8,10H2,(H,18,22)(H,19,20). The number of hydrogen-bond acceptors (Lipinski definition) is 5. The number of rotatable bonds is 5. The van der Waals surface area contributed by atoms with Gasteiger partial charge < -0.3 is 5.32 Å². The molecular formula is C16H21N5OS. The van der Waals surface area contributed by atoms with Gasteiger partial charge in [-0.1, -0.05) is 0 Å². The van der Waals surface area contributed by atoms with Crippen LogP contribution in [0.25, 0.3) is 0 Å². The minimum Gasteiger partial charge on any atom is -0.346 e. The van der Waals surface area contributed by atoms with Gasteiger partial charge in [0.15, 0.2) is 0 Å². The summed E-state index contributed by atoms with van der Waals surface area (Å²) in [6, 6.07) is 0. The number of thiazole rings is 1. The quantitative estimate of drug-likeness (QED) is 0.877. The van der Waals surface area contributed by atoms with E-state index in [0.29, 0.717) is 11.4 Å². The van der Waals surface area contributed by atoms with Crippen molar-refractivity contribution in [2.24, 2.45) is 0 Å². The third-order valence-electron chi connectivity index (χ3n) is 4.64. The number of H-pyrrole nitrogens is 1. The molecule has 122 valence electrons. The summed E-state index contributed by atoms with van der Waals surface area (Å²) in [6.45, 7) is 3.64. The van der Waals surface area contributed by atoms with E-state index in [4.69, 9.17) is 0 Å². The van der Waals surface area contributed by atoms with E-state index in [9.17, 15) is 4.79 Å². The molecule has 0 spiro atoms. The number of carbonyl (C=O) groups is 1. The van der Waals surface area contributed by atoms with Crippen molar-refractivity contribution in [2.75, 3.05) is 13.1 Å². The van der Waals surface area contributed by atoms with Gasteiger partial charge >= 0.3 is 0 Å². The zero-order chi connectivity index (χ0) is 15.6. The Morgan fingerprint density at radius 3 is 3.04 bits per heavy atom. The predicted molar refractivity (Wildman–Crippen MR) is 88.4 cm³/mol. The van der Waals surface area contributed by atoms with Crippen molar-refractivity contribution < 1.29 is 4.79 Å². The number of amides is 1. The number of carbonyl (C=O) groups excluding carboxylic acids is 1. The van der Waals surface area contributed by atoms with Crippen molar-refractivity contribution in [3.05, 3.63) is 33.0 Å². The molecule has 1 amide bonds. The van der Waals surface area contributed by atoms with Crippen LogP contribution in [0, 0.1) is 0 Å². The van der Waals surface area contributed by atoms with Gasteiger partial charge in [-0.25, -0.2) is 4.98 Å². The SMILES string of the molecule is O=C(NCc1n[nH]c2c1CCC2)c1cnc(CN2CCCC2)s1. The van der Waals surface area contributed by atoms with E-state index in [2.05, 4.69) is 25.4 Å². The number of likely N-dealkylation sites (tertiary alicyclic amines) is 1. The van der Waals surface area contributed by atoms with Gasteiger partial charge in [0.05, 0.1) is 25.0 Å². The van der Waals surface area contributed by atoms with Crippen LogP contribution in [0.5, 0.6) is 0 Å². The number of aryl methyl sites for hydroxylation is 1. The van der Waals surface area contributed by atoms with Crippen LogP contribution in [-0.2, 0) is 25.9 Å². The molecule has 6 nitrogen and oxygen atoms in total. The molecule has 2 aromatic heterocycles. The summed E-state index contributed by atoms with van der Waals surface area (Å²) in [5, 5.41) is 11.4. The lowest BCUT2D eigenvalue weighted by Gasteiger charge is -2.11. The van der Waals surface area contributed by atoms with Gasteiger partial charge in [-0.05, 0) is 50.8 Å². The lowest BCUT2D eigenvalue weighted by atomic mass is 10.2. The van der Waals surface area contributed by atoms with E-state index in [1.54, 1.807) is 6.20 Å². The number of aromatic amines is 1. The third-order valence-corrected chi connectivity index (χ3v) is 5.62. The third kappa shape index (κ3) is 3.16. The van der Waals surface area contributed by atoms with Gasteiger partial charge in [0, 0.05) is 5.69 Å². The van der Waals surface area contributed by atoms with E-state index in [1.807, 2.05) is 0 Å². The van der Waals surface area contributed by atoms with Crippen molar-refractivity contribution in [3.8, 4) is 0 Å². The minimum absolute atomic E-state index is 0.0510. The number of nitrogens with one attached hydrogen (secondary N) is 2. The molecule has 1 saturated heterocycles. The average molecular weight is 331 g/mol. The van der Waals surface area contributed by atoms with Crippen molar-refractivity contribution in [3.63, 3.8) is 0 Å². The highest BCUT2D eigenvalue weighted by Crippen LogP contribution is 2.23. The highest BCUT2D eigenvalue weighted by molar-refractivity contribution is 7.13. The van der Waals surface area contributed by atoms with Gasteiger partial charge in [-0.15, -0.1) is 11.3 Å². The Labute approximate surface area is 139 Å². The van der Waals surface area contributed by atoms with Crippen molar-refractivity contribution in [1.29, 1.82) is 0 Å². The van der Waals surface area contributed by atoms with Crippen LogP contribution >= 0.6 is 11.3 Å². The molecule has 0 aromatic carbocycles. The second kappa shape index (κ2) is 6.41. The molecule has 4 rings (SSSR count). The average Bonchev–Trinajstić information content (AvgIpc) is 3.31. The first kappa shape index (κ1) is 14.8. The van der Waals surface area contributed by atoms with E-state index >= 15 is 0 Å². The first-order valence-corrected chi connectivity index (χ1v) is 9.11. The number of hydrogen-bond donors (Lipinski definition) is 2. The van der Waals surface area contributed by atoms with Gasteiger partial charge in [0.2, 0.25) is 0 Å². The largest absolute Gasteiger partial charge is 0.346 e. The summed E-state index contributed by atoms with van der Waals surface area (Å²) in [5.41, 5.74) is 3.51. The van der Waals surface area contributed by atoms with Crippen LogP contribution in [0.4, 0.5) is 0 Å². The topological polar surface area (TPSA) is 73.9 Å². The molecule has 7 heteroatoms. The summed E-state index contributed by atoms with van der Waals surface area (Å²) in [5.74, 6) is -0.0510. The summed E-state index contributed by atoms with van der Waals surface area (Å²) in [4.78, 5) is 19.8. The zero-order valence-electron chi connectivity index (χ0n) is 13.1. The summed E-state index contributed by atoms with van der Waals surface area (Å²) >= 11 is 1.50. The summed E-state index contributed by atoms with van der Waals surface area (Å²) in [7, 11) is 0. The Balaban J connectivity index is 1.34. The maximum Gasteiger partial charge on any atom is 0.263 e. The maximum absolute atomic E-state index is 12.3. The summed E-state index contributed by atoms with van der Waals surface area (Å²) in [6.07, 6.45) is 7.56. The lowest BCUT2D eigenvalue weighted by molar-refractivity contribution is 0.0954. The number of nitrogens with zero attached hydrogens (tertiary/aromatic N) is 3. The number of aromatic nitrogens is 3. The Hall–Kier alpha value is -1.73. The second-order valence-corrected chi connectivity index (χ2v) is 7.38. The van der Waals surface area contributed by atoms with Gasteiger partial charge in [0.1, 0.15) is 9.88 Å². The van der Waals surface area contributed by atoms with Crippen molar-refractivity contribution in [2.45, 2.75) is 45.2 Å².